The van der Waals surface area contributed by atoms with Gasteiger partial charge in [0.1, 0.15) is 19.0 Å². The van der Waals surface area contributed by atoms with Crippen molar-refractivity contribution in [2.45, 2.75) is 70.3 Å². The fraction of sp³-hybridized carbons (Fsp3) is 0.741. The van der Waals surface area contributed by atoms with Crippen molar-refractivity contribution in [3.8, 4) is 5.75 Å². The molecule has 7 nitrogen and oxygen atoms in total. The van der Waals surface area contributed by atoms with Crippen LogP contribution in [0.1, 0.15) is 69.8 Å². The van der Waals surface area contributed by atoms with Crippen LogP contribution in [0.5, 0.6) is 5.75 Å². The fourth-order valence-electron chi connectivity index (χ4n) is 4.62. The lowest BCUT2D eigenvalue weighted by atomic mass is 9.77. The first-order valence-corrected chi connectivity index (χ1v) is 13.0. The van der Waals surface area contributed by atoms with Crippen LogP contribution in [-0.2, 0) is 23.7 Å². The Hall–Kier alpha value is -1.83. The Balaban J connectivity index is 1.14. The molecule has 0 bridgehead atoms. The van der Waals surface area contributed by atoms with Gasteiger partial charge in [0.25, 0.3) is 0 Å². The van der Waals surface area contributed by atoms with Crippen molar-refractivity contribution >= 4 is 6.16 Å². The van der Waals surface area contributed by atoms with Gasteiger partial charge in [-0.05, 0) is 55.2 Å². The van der Waals surface area contributed by atoms with Crippen LogP contribution in [0.2, 0.25) is 0 Å². The summed E-state index contributed by atoms with van der Waals surface area (Å²) in [7, 11) is 0. The molecule has 1 atom stereocenters. The third kappa shape index (κ3) is 10.2. The molecule has 1 heterocycles. The van der Waals surface area contributed by atoms with E-state index in [-0.39, 0.29) is 12.7 Å². The van der Waals surface area contributed by atoms with Gasteiger partial charge in [0.05, 0.1) is 39.6 Å². The average Bonchev–Trinajstić information content (AvgIpc) is 3.28. The Labute approximate surface area is 204 Å². The quantitative estimate of drug-likeness (QED) is 0.216. The van der Waals surface area contributed by atoms with E-state index in [1.165, 1.54) is 56.9 Å². The minimum atomic E-state index is -0.631. The van der Waals surface area contributed by atoms with Crippen molar-refractivity contribution in [2.24, 2.45) is 5.92 Å². The Bertz CT molecular complexity index is 670. The number of rotatable bonds is 17. The number of ether oxygens (including phenoxy) is 6. The Morgan fingerprint density at radius 1 is 0.853 bits per heavy atom. The van der Waals surface area contributed by atoms with E-state index >= 15 is 0 Å². The number of hydrogen-bond donors (Lipinski definition) is 0. The van der Waals surface area contributed by atoms with Crippen LogP contribution >= 0.6 is 0 Å². The molecule has 0 aromatic heterocycles. The number of carbonyl (C=O) groups excluding carboxylic acids is 1. The summed E-state index contributed by atoms with van der Waals surface area (Å²) >= 11 is 0. The molecule has 2 fully saturated rings. The molecule has 1 aromatic rings. The van der Waals surface area contributed by atoms with Crippen molar-refractivity contribution in [1.29, 1.82) is 0 Å². The van der Waals surface area contributed by atoms with Gasteiger partial charge in [-0.3, -0.25) is 0 Å². The zero-order chi connectivity index (χ0) is 23.8. The van der Waals surface area contributed by atoms with Gasteiger partial charge in [0.2, 0.25) is 0 Å². The molecule has 192 valence electrons. The molecule has 1 aliphatic heterocycles. The molecular weight excluding hydrogens is 436 g/mol. The van der Waals surface area contributed by atoms with Crippen LogP contribution in [0.15, 0.2) is 24.3 Å². The highest BCUT2D eigenvalue weighted by molar-refractivity contribution is 5.61. The van der Waals surface area contributed by atoms with Gasteiger partial charge in [-0.1, -0.05) is 44.7 Å². The highest BCUT2D eigenvalue weighted by Crippen LogP contribution is 2.38. The van der Waals surface area contributed by atoms with Crippen molar-refractivity contribution in [1.82, 2.24) is 0 Å². The smallest absolute Gasteiger partial charge is 0.491 e. The molecule has 3 rings (SSSR count). The summed E-state index contributed by atoms with van der Waals surface area (Å²) in [4.78, 5) is 10.8. The van der Waals surface area contributed by atoms with Gasteiger partial charge in [0, 0.05) is 0 Å². The van der Waals surface area contributed by atoms with Gasteiger partial charge in [0.15, 0.2) is 6.10 Å². The molecule has 0 amide bonds. The highest BCUT2D eigenvalue weighted by atomic mass is 16.8. The number of cyclic esters (lactones) is 2. The van der Waals surface area contributed by atoms with Crippen LogP contribution in [0.4, 0.5) is 4.79 Å². The molecule has 0 spiro atoms. The summed E-state index contributed by atoms with van der Waals surface area (Å²) in [5, 5.41) is 0. The van der Waals surface area contributed by atoms with E-state index in [1.54, 1.807) is 0 Å². The maximum atomic E-state index is 10.8. The van der Waals surface area contributed by atoms with E-state index in [2.05, 4.69) is 35.9 Å². The Morgan fingerprint density at radius 2 is 1.53 bits per heavy atom. The largest absolute Gasteiger partial charge is 0.508 e. The maximum Gasteiger partial charge on any atom is 0.508 e. The lowest BCUT2D eigenvalue weighted by Crippen LogP contribution is -2.20. The summed E-state index contributed by atoms with van der Waals surface area (Å²) in [6.45, 7) is 5.82. The normalized spacial score (nSPS) is 22.4. The van der Waals surface area contributed by atoms with Crippen LogP contribution in [-0.4, -0.2) is 65.1 Å². The van der Waals surface area contributed by atoms with Crippen molar-refractivity contribution < 1.29 is 33.2 Å². The molecule has 0 radical (unpaired) electrons. The number of carbonyl (C=O) groups is 1. The summed E-state index contributed by atoms with van der Waals surface area (Å²) in [6.07, 6.45) is 10.00. The van der Waals surface area contributed by atoms with E-state index in [0.717, 1.165) is 11.7 Å². The molecule has 0 N–H and O–H groups in total. The van der Waals surface area contributed by atoms with Gasteiger partial charge in [-0.15, -0.1) is 0 Å². The lowest BCUT2D eigenvalue weighted by molar-refractivity contribution is -0.00727. The first-order valence-electron chi connectivity index (χ1n) is 13.0. The average molecular weight is 479 g/mol. The third-order valence-electron chi connectivity index (χ3n) is 6.61. The van der Waals surface area contributed by atoms with E-state index in [1.807, 2.05) is 0 Å². The molecular formula is C27H42O7. The first kappa shape index (κ1) is 26.8. The molecule has 2 aliphatic rings. The predicted octanol–water partition coefficient (Wildman–Crippen LogP) is 5.50. The van der Waals surface area contributed by atoms with Crippen molar-refractivity contribution in [3.63, 3.8) is 0 Å². The lowest BCUT2D eigenvalue weighted by Gasteiger charge is -2.29. The van der Waals surface area contributed by atoms with Crippen LogP contribution < -0.4 is 4.74 Å². The zero-order valence-electron chi connectivity index (χ0n) is 20.7. The van der Waals surface area contributed by atoms with Gasteiger partial charge < -0.3 is 28.4 Å². The van der Waals surface area contributed by atoms with E-state index in [9.17, 15) is 4.79 Å². The molecule has 1 aliphatic carbocycles. The third-order valence-corrected chi connectivity index (χ3v) is 6.61. The minimum Gasteiger partial charge on any atom is -0.491 e. The van der Waals surface area contributed by atoms with Crippen LogP contribution in [0, 0.1) is 5.92 Å². The Kier molecular flexibility index (Phi) is 12.6. The molecule has 1 saturated carbocycles. The molecule has 7 heteroatoms. The number of unbranched alkanes of at least 4 members (excludes halogenated alkanes) is 2. The van der Waals surface area contributed by atoms with Gasteiger partial charge in [-0.2, -0.15) is 0 Å². The molecule has 1 unspecified atom stereocenters. The monoisotopic (exact) mass is 478 g/mol. The molecule has 1 aromatic carbocycles. The second-order valence-corrected chi connectivity index (χ2v) is 9.23. The minimum absolute atomic E-state index is 0.250. The molecule has 34 heavy (non-hydrogen) atoms. The van der Waals surface area contributed by atoms with Gasteiger partial charge in [-0.25, -0.2) is 4.79 Å². The second-order valence-electron chi connectivity index (χ2n) is 9.23. The van der Waals surface area contributed by atoms with Crippen molar-refractivity contribution in [2.75, 3.05) is 52.9 Å². The van der Waals surface area contributed by atoms with E-state index in [0.29, 0.717) is 52.2 Å². The van der Waals surface area contributed by atoms with Crippen molar-refractivity contribution in [3.05, 3.63) is 29.8 Å². The van der Waals surface area contributed by atoms with E-state index in [4.69, 9.17) is 23.7 Å². The fourth-order valence-corrected chi connectivity index (χ4v) is 4.62. The first-order chi connectivity index (χ1) is 16.7. The number of benzene rings is 1. The standard InChI is InChI=1S/C27H42O7/c1-2-3-4-5-22-6-8-23(9-7-22)24-10-12-25(13-11-24)32-19-18-30-15-14-29-16-17-31-20-26-21-33-27(28)34-26/h10-13,22-23,26H,2-9,14-21H2,1H3. The summed E-state index contributed by atoms with van der Waals surface area (Å²) < 4.78 is 31.8. The summed E-state index contributed by atoms with van der Waals surface area (Å²) in [5.41, 5.74) is 1.45. The molecule has 1 saturated heterocycles. The predicted molar refractivity (Wildman–Crippen MR) is 129 cm³/mol. The SMILES string of the molecule is CCCCCC1CCC(c2ccc(OCCOCCOCCOCC3COC(=O)O3)cc2)CC1. The summed E-state index contributed by atoms with van der Waals surface area (Å²) in [5.74, 6) is 2.55. The highest BCUT2D eigenvalue weighted by Gasteiger charge is 2.25. The topological polar surface area (TPSA) is 72.5 Å². The summed E-state index contributed by atoms with van der Waals surface area (Å²) in [6, 6.07) is 8.64. The zero-order valence-corrected chi connectivity index (χ0v) is 20.7. The van der Waals surface area contributed by atoms with Gasteiger partial charge >= 0.3 is 6.16 Å². The second kappa shape index (κ2) is 16.0. The van der Waals surface area contributed by atoms with Crippen LogP contribution in [0.25, 0.3) is 0 Å². The Morgan fingerprint density at radius 3 is 2.18 bits per heavy atom. The maximum absolute atomic E-state index is 10.8. The van der Waals surface area contributed by atoms with E-state index < -0.39 is 6.16 Å². The number of hydrogen-bond acceptors (Lipinski definition) is 7. The van der Waals surface area contributed by atoms with Crippen LogP contribution in [0.3, 0.4) is 0 Å².